The summed E-state index contributed by atoms with van der Waals surface area (Å²) in [6.07, 6.45) is 5.54. The number of carbonyl (C=O) groups is 1. The minimum atomic E-state index is -0.536. The number of benzene rings is 2. The first-order valence-electron chi connectivity index (χ1n) is 10.0. The maximum Gasteiger partial charge on any atom is 0.272 e. The van der Waals surface area contributed by atoms with E-state index in [0.717, 1.165) is 11.3 Å². The smallest absolute Gasteiger partial charge is 0.272 e. The first-order valence-corrected chi connectivity index (χ1v) is 10.4. The minimum Gasteiger partial charge on any atom is -0.470 e. The van der Waals surface area contributed by atoms with Crippen LogP contribution in [0.15, 0.2) is 79.3 Å². The van der Waals surface area contributed by atoms with Gasteiger partial charge in [0.25, 0.3) is 11.6 Å². The van der Waals surface area contributed by atoms with Gasteiger partial charge in [-0.25, -0.2) is 4.68 Å². The number of hydrogen-bond acceptors (Lipinski definition) is 5. The van der Waals surface area contributed by atoms with Crippen LogP contribution < -0.4 is 10.1 Å². The van der Waals surface area contributed by atoms with Gasteiger partial charge >= 0.3 is 0 Å². The lowest BCUT2D eigenvalue weighted by molar-refractivity contribution is -0.384. The second kappa shape index (κ2) is 9.58. The van der Waals surface area contributed by atoms with Crippen LogP contribution in [0.4, 0.5) is 5.69 Å². The van der Waals surface area contributed by atoms with Crippen LogP contribution in [0.1, 0.15) is 29.0 Å². The minimum absolute atomic E-state index is 0.0127. The van der Waals surface area contributed by atoms with Crippen LogP contribution in [0.2, 0.25) is 5.02 Å². The van der Waals surface area contributed by atoms with Gasteiger partial charge in [0.2, 0.25) is 0 Å². The van der Waals surface area contributed by atoms with Gasteiger partial charge < -0.3 is 14.6 Å². The molecule has 0 saturated carbocycles. The number of nitro groups is 1. The van der Waals surface area contributed by atoms with Gasteiger partial charge in [0.1, 0.15) is 11.4 Å². The molecular formula is C23H20ClN5O4. The molecule has 1 N–H and O–H groups in total. The molecule has 0 spiro atoms. The third-order valence-electron chi connectivity index (χ3n) is 5.00. The Bertz CT molecular complexity index is 1270. The van der Waals surface area contributed by atoms with Gasteiger partial charge in [-0.1, -0.05) is 23.7 Å². The zero-order chi connectivity index (χ0) is 23.4. The second-order valence-corrected chi connectivity index (χ2v) is 7.67. The molecule has 0 bridgehead atoms. The van der Waals surface area contributed by atoms with E-state index in [1.54, 1.807) is 12.3 Å². The molecule has 0 saturated heterocycles. The molecule has 2 heterocycles. The molecule has 168 valence electrons. The molecule has 1 amide bonds. The maximum atomic E-state index is 12.6. The Kier molecular flexibility index (Phi) is 6.41. The first-order chi connectivity index (χ1) is 15.9. The van der Waals surface area contributed by atoms with Crippen LogP contribution in [0.25, 0.3) is 5.69 Å². The van der Waals surface area contributed by atoms with Crippen LogP contribution in [-0.2, 0) is 6.73 Å². The molecule has 2 aromatic carbocycles. The molecule has 4 rings (SSSR count). The summed E-state index contributed by atoms with van der Waals surface area (Å²) in [6, 6.07) is 17.2. The van der Waals surface area contributed by atoms with Gasteiger partial charge in [0, 0.05) is 36.4 Å². The summed E-state index contributed by atoms with van der Waals surface area (Å²) < 4.78 is 8.99. The average Bonchev–Trinajstić information content (AvgIpc) is 3.51. The predicted octanol–water partition coefficient (Wildman–Crippen LogP) is 4.76. The highest BCUT2D eigenvalue weighted by Gasteiger charge is 2.15. The molecule has 4 aromatic rings. The van der Waals surface area contributed by atoms with Gasteiger partial charge in [0.15, 0.2) is 6.73 Å². The summed E-state index contributed by atoms with van der Waals surface area (Å²) in [7, 11) is 0. The van der Waals surface area contributed by atoms with E-state index in [1.807, 2.05) is 60.3 Å². The fourth-order valence-corrected chi connectivity index (χ4v) is 3.44. The van der Waals surface area contributed by atoms with Crippen molar-refractivity contribution in [3.63, 3.8) is 0 Å². The molecule has 0 aliphatic rings. The number of ether oxygens (including phenoxy) is 1. The highest BCUT2D eigenvalue weighted by atomic mass is 35.5. The van der Waals surface area contributed by atoms with E-state index >= 15 is 0 Å². The fourth-order valence-electron chi connectivity index (χ4n) is 3.21. The van der Waals surface area contributed by atoms with Crippen molar-refractivity contribution in [2.75, 3.05) is 0 Å². The van der Waals surface area contributed by atoms with Crippen molar-refractivity contribution in [2.24, 2.45) is 0 Å². The van der Waals surface area contributed by atoms with Gasteiger partial charge in [-0.2, -0.15) is 5.10 Å². The SMILES string of the molecule is CC(NC(=O)c1ccn(COc2ccc([N+](=O)[O-])cc2Cl)n1)c1ccc(-n2cccc2)cc1. The molecule has 9 nitrogen and oxygen atoms in total. The van der Waals surface area contributed by atoms with Crippen molar-refractivity contribution in [2.45, 2.75) is 19.7 Å². The Morgan fingerprint density at radius 3 is 2.55 bits per heavy atom. The molecule has 1 atom stereocenters. The maximum absolute atomic E-state index is 12.6. The Hall–Kier alpha value is -4.11. The van der Waals surface area contributed by atoms with Crippen molar-refractivity contribution < 1.29 is 14.5 Å². The van der Waals surface area contributed by atoms with Crippen LogP contribution in [0.3, 0.4) is 0 Å². The van der Waals surface area contributed by atoms with Crippen molar-refractivity contribution in [3.05, 3.63) is 106 Å². The number of non-ortho nitro benzene ring substituents is 1. The molecule has 0 aliphatic carbocycles. The van der Waals surface area contributed by atoms with Gasteiger partial charge in [-0.3, -0.25) is 14.9 Å². The van der Waals surface area contributed by atoms with Crippen LogP contribution in [0.5, 0.6) is 5.75 Å². The third-order valence-corrected chi connectivity index (χ3v) is 5.29. The summed E-state index contributed by atoms with van der Waals surface area (Å²) in [4.78, 5) is 22.9. The van der Waals surface area contributed by atoms with Crippen LogP contribution in [0, 0.1) is 10.1 Å². The fraction of sp³-hybridized carbons (Fsp3) is 0.130. The van der Waals surface area contributed by atoms with Crippen molar-refractivity contribution in [1.82, 2.24) is 19.7 Å². The number of nitrogens with zero attached hydrogens (tertiary/aromatic N) is 4. The number of aromatic nitrogens is 3. The average molecular weight is 466 g/mol. The monoisotopic (exact) mass is 465 g/mol. The number of halogens is 1. The lowest BCUT2D eigenvalue weighted by Gasteiger charge is -2.14. The van der Waals surface area contributed by atoms with Crippen molar-refractivity contribution in [1.29, 1.82) is 0 Å². The normalized spacial score (nSPS) is 11.7. The number of nitrogens with one attached hydrogen (secondary N) is 1. The van der Waals surface area contributed by atoms with E-state index in [2.05, 4.69) is 10.4 Å². The Labute approximate surface area is 194 Å². The highest BCUT2D eigenvalue weighted by Crippen LogP contribution is 2.28. The quantitative estimate of drug-likeness (QED) is 0.298. The number of carbonyl (C=O) groups excluding carboxylic acids is 1. The molecule has 0 aliphatic heterocycles. The predicted molar refractivity (Wildman–Crippen MR) is 123 cm³/mol. The second-order valence-electron chi connectivity index (χ2n) is 7.26. The number of nitro benzene ring substituents is 1. The summed E-state index contributed by atoms with van der Waals surface area (Å²) in [5, 5.41) is 18.1. The lowest BCUT2D eigenvalue weighted by Crippen LogP contribution is -2.27. The standard InChI is InChI=1S/C23H20ClN5O4/c1-16(17-4-6-18(7-5-17)27-11-2-3-12-27)25-23(30)21-10-13-28(26-21)15-33-22-9-8-19(29(31)32)14-20(22)24/h2-14,16H,15H2,1H3,(H,25,30). The zero-order valence-electron chi connectivity index (χ0n) is 17.6. The van der Waals surface area contributed by atoms with E-state index < -0.39 is 4.92 Å². The van der Waals surface area contributed by atoms with Crippen molar-refractivity contribution >= 4 is 23.2 Å². The first kappa shape index (κ1) is 22.1. The molecule has 10 heteroatoms. The van der Waals surface area contributed by atoms with Gasteiger partial charge in [0.05, 0.1) is 16.0 Å². The third kappa shape index (κ3) is 5.21. The van der Waals surface area contributed by atoms with Gasteiger partial charge in [-0.05, 0) is 48.9 Å². The topological polar surface area (TPSA) is 104 Å². The zero-order valence-corrected chi connectivity index (χ0v) is 18.3. The van der Waals surface area contributed by atoms with E-state index in [1.165, 1.54) is 22.9 Å². The lowest BCUT2D eigenvalue weighted by atomic mass is 10.1. The Morgan fingerprint density at radius 1 is 1.15 bits per heavy atom. The summed E-state index contributed by atoms with van der Waals surface area (Å²) in [5.41, 5.74) is 2.12. The van der Waals surface area contributed by atoms with Crippen LogP contribution in [-0.4, -0.2) is 25.2 Å². The van der Waals surface area contributed by atoms with E-state index in [4.69, 9.17) is 16.3 Å². The summed E-state index contributed by atoms with van der Waals surface area (Å²) in [5.74, 6) is -0.0372. The number of amides is 1. The van der Waals surface area contributed by atoms with E-state index in [-0.39, 0.29) is 40.8 Å². The summed E-state index contributed by atoms with van der Waals surface area (Å²) in [6.45, 7) is 1.89. The number of hydrogen-bond donors (Lipinski definition) is 1. The van der Waals surface area contributed by atoms with E-state index in [9.17, 15) is 14.9 Å². The van der Waals surface area contributed by atoms with Crippen molar-refractivity contribution in [3.8, 4) is 11.4 Å². The molecule has 2 aromatic heterocycles. The number of rotatable bonds is 8. The molecular weight excluding hydrogens is 446 g/mol. The Balaban J connectivity index is 1.34. The van der Waals surface area contributed by atoms with Crippen LogP contribution >= 0.6 is 11.6 Å². The summed E-state index contributed by atoms with van der Waals surface area (Å²) >= 11 is 6.03. The van der Waals surface area contributed by atoms with E-state index in [0.29, 0.717) is 0 Å². The molecule has 1 unspecified atom stereocenters. The molecule has 0 radical (unpaired) electrons. The van der Waals surface area contributed by atoms with Gasteiger partial charge in [-0.15, -0.1) is 0 Å². The molecule has 33 heavy (non-hydrogen) atoms. The highest BCUT2D eigenvalue weighted by molar-refractivity contribution is 6.32. The molecule has 0 fully saturated rings. The largest absolute Gasteiger partial charge is 0.470 e. The Morgan fingerprint density at radius 2 is 1.88 bits per heavy atom.